The van der Waals surface area contributed by atoms with Crippen LogP contribution in [-0.2, 0) is 6.42 Å². The van der Waals surface area contributed by atoms with Crippen LogP contribution in [-0.4, -0.2) is 15.9 Å². The molecule has 0 aromatic carbocycles. The van der Waals surface area contributed by atoms with E-state index in [1.54, 1.807) is 0 Å². The number of nitrogens with zero attached hydrogens (tertiary/aromatic N) is 2. The molecule has 1 unspecified atom stereocenters. The number of aryl methyl sites for hydroxylation is 1. The predicted octanol–water partition coefficient (Wildman–Crippen LogP) is 1.78. The van der Waals surface area contributed by atoms with E-state index in [1.165, 1.54) is 11.1 Å². The number of pyridine rings is 1. The minimum absolute atomic E-state index is 0.520. The first kappa shape index (κ1) is 10.2. The van der Waals surface area contributed by atoms with E-state index in [-0.39, 0.29) is 0 Å². The Morgan fingerprint density at radius 1 is 1.53 bits per heavy atom. The molecular formula is C12H17N3. The third-order valence-corrected chi connectivity index (χ3v) is 2.81. The van der Waals surface area contributed by atoms with Gasteiger partial charge in [0, 0.05) is 6.20 Å². The Morgan fingerprint density at radius 2 is 2.33 bits per heavy atom. The summed E-state index contributed by atoms with van der Waals surface area (Å²) < 4.78 is 2.12. The topological polar surface area (TPSA) is 43.3 Å². The molecule has 0 amide bonds. The van der Waals surface area contributed by atoms with Gasteiger partial charge in [-0.3, -0.25) is 0 Å². The molecule has 15 heavy (non-hydrogen) atoms. The molecule has 0 bridgehead atoms. The van der Waals surface area contributed by atoms with E-state index in [9.17, 15) is 0 Å². The first-order valence-corrected chi connectivity index (χ1v) is 5.34. The molecule has 2 aromatic heterocycles. The second kappa shape index (κ2) is 4.03. The molecule has 2 N–H and O–H groups in total. The van der Waals surface area contributed by atoms with Crippen molar-refractivity contribution in [3.8, 4) is 0 Å². The molecule has 80 valence electrons. The molecule has 0 saturated heterocycles. The van der Waals surface area contributed by atoms with Crippen LogP contribution in [0.15, 0.2) is 24.5 Å². The van der Waals surface area contributed by atoms with E-state index in [4.69, 9.17) is 5.73 Å². The zero-order chi connectivity index (χ0) is 10.8. The van der Waals surface area contributed by atoms with E-state index in [1.807, 2.05) is 19.3 Å². The highest BCUT2D eigenvalue weighted by Crippen LogP contribution is 2.15. The van der Waals surface area contributed by atoms with E-state index in [0.717, 1.165) is 18.8 Å². The van der Waals surface area contributed by atoms with Crippen LogP contribution in [0.5, 0.6) is 0 Å². The summed E-state index contributed by atoms with van der Waals surface area (Å²) in [6.07, 6.45) is 5.01. The number of hydrogen-bond donors (Lipinski definition) is 1. The third-order valence-electron chi connectivity index (χ3n) is 2.81. The maximum atomic E-state index is 5.65. The van der Waals surface area contributed by atoms with Gasteiger partial charge in [-0.1, -0.05) is 13.0 Å². The molecule has 1 atom stereocenters. The SMILES string of the molecule is Cc1ncc2c(CC(C)CN)cccn12. The molecule has 2 heterocycles. The molecule has 0 aliphatic carbocycles. The number of rotatable bonds is 3. The van der Waals surface area contributed by atoms with Crippen molar-refractivity contribution in [2.45, 2.75) is 20.3 Å². The summed E-state index contributed by atoms with van der Waals surface area (Å²) in [5.41, 5.74) is 8.18. The zero-order valence-electron chi connectivity index (χ0n) is 9.27. The second-order valence-corrected chi connectivity index (χ2v) is 4.14. The Bertz CT molecular complexity index is 459. The van der Waals surface area contributed by atoms with Gasteiger partial charge in [0.1, 0.15) is 5.82 Å². The fourth-order valence-corrected chi connectivity index (χ4v) is 1.84. The Kier molecular flexibility index (Phi) is 2.73. The van der Waals surface area contributed by atoms with Gasteiger partial charge >= 0.3 is 0 Å². The van der Waals surface area contributed by atoms with Gasteiger partial charge in [-0.15, -0.1) is 0 Å². The van der Waals surface area contributed by atoms with E-state index >= 15 is 0 Å². The smallest absolute Gasteiger partial charge is 0.110 e. The fourth-order valence-electron chi connectivity index (χ4n) is 1.84. The molecule has 0 saturated carbocycles. The van der Waals surface area contributed by atoms with Gasteiger partial charge in [0.05, 0.1) is 11.7 Å². The molecule has 2 rings (SSSR count). The second-order valence-electron chi connectivity index (χ2n) is 4.14. The van der Waals surface area contributed by atoms with Crippen molar-refractivity contribution < 1.29 is 0 Å². The molecule has 3 heteroatoms. The van der Waals surface area contributed by atoms with Gasteiger partial charge in [0.25, 0.3) is 0 Å². The van der Waals surface area contributed by atoms with Crippen LogP contribution < -0.4 is 5.73 Å². The molecule has 0 spiro atoms. The van der Waals surface area contributed by atoms with Crippen LogP contribution in [0.3, 0.4) is 0 Å². The molecule has 0 fully saturated rings. The van der Waals surface area contributed by atoms with Crippen LogP contribution in [0, 0.1) is 12.8 Å². The largest absolute Gasteiger partial charge is 0.330 e. The summed E-state index contributed by atoms with van der Waals surface area (Å²) in [4.78, 5) is 4.32. The summed E-state index contributed by atoms with van der Waals surface area (Å²) in [7, 11) is 0. The van der Waals surface area contributed by atoms with E-state index < -0.39 is 0 Å². The molecule has 0 aliphatic heterocycles. The van der Waals surface area contributed by atoms with Gasteiger partial charge in [-0.05, 0) is 37.4 Å². The van der Waals surface area contributed by atoms with Crippen LogP contribution >= 0.6 is 0 Å². The van der Waals surface area contributed by atoms with Gasteiger partial charge in [-0.25, -0.2) is 4.98 Å². The lowest BCUT2D eigenvalue weighted by Crippen LogP contribution is -2.13. The van der Waals surface area contributed by atoms with E-state index in [2.05, 4.69) is 28.4 Å². The zero-order valence-corrected chi connectivity index (χ0v) is 9.27. The van der Waals surface area contributed by atoms with Crippen molar-refractivity contribution in [2.75, 3.05) is 6.54 Å². The first-order chi connectivity index (χ1) is 7.22. The third kappa shape index (κ3) is 1.88. The maximum Gasteiger partial charge on any atom is 0.110 e. The average molecular weight is 203 g/mol. The lowest BCUT2D eigenvalue weighted by atomic mass is 10.0. The predicted molar refractivity (Wildman–Crippen MR) is 61.9 cm³/mol. The van der Waals surface area contributed by atoms with Crippen molar-refractivity contribution in [3.63, 3.8) is 0 Å². The lowest BCUT2D eigenvalue weighted by molar-refractivity contribution is 0.594. The van der Waals surface area contributed by atoms with Crippen molar-refractivity contribution in [1.29, 1.82) is 0 Å². The number of nitrogens with two attached hydrogens (primary N) is 1. The number of hydrogen-bond acceptors (Lipinski definition) is 2. The van der Waals surface area contributed by atoms with Crippen LogP contribution in [0.4, 0.5) is 0 Å². The molecule has 0 radical (unpaired) electrons. The normalized spacial score (nSPS) is 13.3. The van der Waals surface area contributed by atoms with E-state index in [0.29, 0.717) is 5.92 Å². The maximum absolute atomic E-state index is 5.65. The molecule has 0 aliphatic rings. The summed E-state index contributed by atoms with van der Waals surface area (Å²) in [6, 6.07) is 4.23. The summed E-state index contributed by atoms with van der Waals surface area (Å²) in [6.45, 7) is 4.92. The monoisotopic (exact) mass is 203 g/mol. The molecule has 2 aromatic rings. The highest BCUT2D eigenvalue weighted by molar-refractivity contribution is 5.54. The summed E-state index contributed by atoms with van der Waals surface area (Å²) >= 11 is 0. The van der Waals surface area contributed by atoms with Crippen LogP contribution in [0.1, 0.15) is 18.3 Å². The van der Waals surface area contributed by atoms with Gasteiger partial charge in [0.2, 0.25) is 0 Å². The number of imidazole rings is 1. The number of aromatic nitrogens is 2. The Hall–Kier alpha value is -1.35. The highest BCUT2D eigenvalue weighted by Gasteiger charge is 2.07. The Labute approximate surface area is 89.9 Å². The highest BCUT2D eigenvalue weighted by atomic mass is 15.0. The van der Waals surface area contributed by atoms with Crippen molar-refractivity contribution in [3.05, 3.63) is 35.9 Å². The quantitative estimate of drug-likeness (QED) is 0.826. The molecule has 3 nitrogen and oxygen atoms in total. The number of fused-ring (bicyclic) bond motifs is 1. The van der Waals surface area contributed by atoms with Crippen molar-refractivity contribution in [1.82, 2.24) is 9.38 Å². The average Bonchev–Trinajstić information content (AvgIpc) is 2.62. The van der Waals surface area contributed by atoms with Gasteiger partial charge < -0.3 is 10.1 Å². The first-order valence-electron chi connectivity index (χ1n) is 5.34. The van der Waals surface area contributed by atoms with Gasteiger partial charge in [-0.2, -0.15) is 0 Å². The lowest BCUT2D eigenvalue weighted by Gasteiger charge is -2.09. The fraction of sp³-hybridized carbons (Fsp3) is 0.417. The van der Waals surface area contributed by atoms with Crippen LogP contribution in [0.25, 0.3) is 5.52 Å². The van der Waals surface area contributed by atoms with Crippen molar-refractivity contribution >= 4 is 5.52 Å². The minimum Gasteiger partial charge on any atom is -0.330 e. The Balaban J connectivity index is 2.43. The van der Waals surface area contributed by atoms with Gasteiger partial charge in [0.15, 0.2) is 0 Å². The summed E-state index contributed by atoms with van der Waals surface area (Å²) in [5.74, 6) is 1.55. The Morgan fingerprint density at radius 3 is 3.07 bits per heavy atom. The standard InChI is InChI=1S/C12H17N3/c1-9(7-13)6-11-4-3-5-15-10(2)14-8-12(11)15/h3-5,8-9H,6-7,13H2,1-2H3. The summed E-state index contributed by atoms with van der Waals surface area (Å²) in [5, 5.41) is 0. The minimum atomic E-state index is 0.520. The molecular weight excluding hydrogens is 186 g/mol. The van der Waals surface area contributed by atoms with Crippen LogP contribution in [0.2, 0.25) is 0 Å². The van der Waals surface area contributed by atoms with Crippen molar-refractivity contribution in [2.24, 2.45) is 11.7 Å².